The second kappa shape index (κ2) is 14.3. The Hall–Kier alpha value is -1.06. The first-order valence-electron chi connectivity index (χ1n) is 9.83. The Balaban J connectivity index is 3.99. The Labute approximate surface area is 148 Å². The van der Waals surface area contributed by atoms with Crippen LogP contribution in [0.25, 0.3) is 0 Å². The monoisotopic (exact) mass is 342 g/mol. The summed E-state index contributed by atoms with van der Waals surface area (Å²) in [6, 6.07) is 0. The maximum Gasteiger partial charge on any atom is 0.306 e. The molecule has 0 spiro atoms. The molecule has 0 bridgehead atoms. The van der Waals surface area contributed by atoms with E-state index < -0.39 is 0 Å². The molecule has 0 aliphatic rings. The number of unbranched alkanes of at least 4 members (excludes halogenated alkanes) is 2. The lowest BCUT2D eigenvalue weighted by Crippen LogP contribution is -2.23. The van der Waals surface area contributed by atoms with E-state index in [1.165, 1.54) is 12.8 Å². The van der Waals surface area contributed by atoms with Gasteiger partial charge in [-0.25, -0.2) is 0 Å². The van der Waals surface area contributed by atoms with Gasteiger partial charge in [-0.3, -0.25) is 9.59 Å². The van der Waals surface area contributed by atoms with Gasteiger partial charge in [0.15, 0.2) is 0 Å². The van der Waals surface area contributed by atoms with Crippen molar-refractivity contribution in [3.63, 3.8) is 0 Å². The number of hydrogen-bond donors (Lipinski definition) is 0. The Morgan fingerprint density at radius 3 is 1.92 bits per heavy atom. The van der Waals surface area contributed by atoms with E-state index in [1.807, 2.05) is 6.92 Å². The van der Waals surface area contributed by atoms with E-state index in [0.29, 0.717) is 18.8 Å². The van der Waals surface area contributed by atoms with Gasteiger partial charge in [0.25, 0.3) is 0 Å². The summed E-state index contributed by atoms with van der Waals surface area (Å²) in [5.74, 6) is -0.0719. The molecule has 2 unspecified atom stereocenters. The molecular formula is C20H38O4. The van der Waals surface area contributed by atoms with Crippen LogP contribution in [-0.2, 0) is 19.1 Å². The largest absolute Gasteiger partial charge is 0.462 e. The predicted octanol–water partition coefficient (Wildman–Crippen LogP) is 5.43. The fourth-order valence-corrected chi connectivity index (χ4v) is 2.63. The first-order valence-corrected chi connectivity index (χ1v) is 9.83. The Bertz CT molecular complexity index is 339. The zero-order chi connectivity index (χ0) is 18.4. The van der Waals surface area contributed by atoms with Gasteiger partial charge in [-0.15, -0.1) is 0 Å². The van der Waals surface area contributed by atoms with Crippen molar-refractivity contribution in [2.45, 2.75) is 111 Å². The molecular weight excluding hydrogens is 304 g/mol. The van der Waals surface area contributed by atoms with Crippen LogP contribution in [0.15, 0.2) is 0 Å². The molecule has 0 saturated carbocycles. The van der Waals surface area contributed by atoms with Gasteiger partial charge in [-0.05, 0) is 38.0 Å². The Morgan fingerprint density at radius 2 is 1.42 bits per heavy atom. The van der Waals surface area contributed by atoms with Crippen LogP contribution in [0.1, 0.15) is 98.8 Å². The quantitative estimate of drug-likeness (QED) is 0.312. The summed E-state index contributed by atoms with van der Waals surface area (Å²) in [5.41, 5.74) is 0. The van der Waals surface area contributed by atoms with Crippen LogP contribution in [-0.4, -0.2) is 24.1 Å². The van der Waals surface area contributed by atoms with Crippen molar-refractivity contribution in [2.75, 3.05) is 0 Å². The molecule has 0 saturated heterocycles. The van der Waals surface area contributed by atoms with Crippen LogP contribution in [0.3, 0.4) is 0 Å². The summed E-state index contributed by atoms with van der Waals surface area (Å²) in [6.07, 6.45) is 8.20. The molecule has 4 nitrogen and oxygen atoms in total. The minimum absolute atomic E-state index is 0.0162. The molecule has 24 heavy (non-hydrogen) atoms. The fourth-order valence-electron chi connectivity index (χ4n) is 2.63. The normalized spacial score (nSPS) is 13.6. The van der Waals surface area contributed by atoms with E-state index in [4.69, 9.17) is 9.47 Å². The van der Waals surface area contributed by atoms with Crippen LogP contribution in [0.2, 0.25) is 0 Å². The van der Waals surface area contributed by atoms with Crippen molar-refractivity contribution >= 4 is 11.9 Å². The molecule has 0 aromatic carbocycles. The van der Waals surface area contributed by atoms with Gasteiger partial charge in [0.1, 0.15) is 12.2 Å². The number of rotatable bonds is 14. The van der Waals surface area contributed by atoms with Crippen molar-refractivity contribution in [1.29, 1.82) is 0 Å². The minimum Gasteiger partial charge on any atom is -0.462 e. The number of carbonyl (C=O) groups is 2. The van der Waals surface area contributed by atoms with Crippen molar-refractivity contribution in [2.24, 2.45) is 5.92 Å². The molecule has 0 amide bonds. The maximum absolute atomic E-state index is 11.9. The number of carbonyl (C=O) groups excluding carboxylic acids is 2. The fraction of sp³-hybridized carbons (Fsp3) is 0.900. The molecule has 0 radical (unpaired) electrons. The minimum atomic E-state index is -0.204. The molecule has 2 atom stereocenters. The second-order valence-corrected chi connectivity index (χ2v) is 6.93. The van der Waals surface area contributed by atoms with Crippen LogP contribution in [0, 0.1) is 5.92 Å². The highest BCUT2D eigenvalue weighted by Gasteiger charge is 2.18. The summed E-state index contributed by atoms with van der Waals surface area (Å²) >= 11 is 0. The van der Waals surface area contributed by atoms with Gasteiger partial charge in [0.2, 0.25) is 0 Å². The van der Waals surface area contributed by atoms with Crippen LogP contribution in [0.4, 0.5) is 0 Å². The first kappa shape index (κ1) is 22.9. The average Bonchev–Trinajstić information content (AvgIpc) is 2.53. The van der Waals surface area contributed by atoms with E-state index in [9.17, 15) is 9.59 Å². The highest BCUT2D eigenvalue weighted by molar-refractivity contribution is 5.72. The van der Waals surface area contributed by atoms with Crippen molar-refractivity contribution in [3.05, 3.63) is 0 Å². The standard InChI is InChI=1S/C20H38O4/c1-6-9-10-13-17(8-3)23-19(21)14-11-15-20(22)24-18(12-7-2)16(4)5/h16-18H,6-15H2,1-5H3. The van der Waals surface area contributed by atoms with Gasteiger partial charge in [0, 0.05) is 12.8 Å². The summed E-state index contributed by atoms with van der Waals surface area (Å²) in [7, 11) is 0. The Kier molecular flexibility index (Phi) is 13.7. The van der Waals surface area contributed by atoms with Gasteiger partial charge >= 0.3 is 11.9 Å². The SMILES string of the molecule is CCCCCC(CC)OC(=O)CCCC(=O)OC(CCC)C(C)C. The highest BCUT2D eigenvalue weighted by Crippen LogP contribution is 2.15. The van der Waals surface area contributed by atoms with Crippen LogP contribution in [0.5, 0.6) is 0 Å². The van der Waals surface area contributed by atoms with E-state index in [2.05, 4.69) is 27.7 Å². The average molecular weight is 343 g/mol. The second-order valence-electron chi connectivity index (χ2n) is 6.93. The molecule has 142 valence electrons. The van der Waals surface area contributed by atoms with Gasteiger partial charge in [-0.2, -0.15) is 0 Å². The number of esters is 2. The molecule has 0 fully saturated rings. The third kappa shape index (κ3) is 11.5. The maximum atomic E-state index is 11.9. The van der Waals surface area contributed by atoms with E-state index >= 15 is 0 Å². The lowest BCUT2D eigenvalue weighted by Gasteiger charge is -2.20. The summed E-state index contributed by atoms with van der Waals surface area (Å²) in [5, 5.41) is 0. The highest BCUT2D eigenvalue weighted by atomic mass is 16.5. The summed E-state index contributed by atoms with van der Waals surface area (Å²) in [4.78, 5) is 23.8. The lowest BCUT2D eigenvalue weighted by molar-refractivity contribution is -0.152. The third-order valence-electron chi connectivity index (χ3n) is 4.24. The molecule has 0 aliphatic heterocycles. The summed E-state index contributed by atoms with van der Waals surface area (Å²) < 4.78 is 11.0. The summed E-state index contributed by atoms with van der Waals surface area (Å²) in [6.45, 7) is 10.4. The molecule has 0 aliphatic carbocycles. The molecule has 0 aromatic heterocycles. The molecule has 0 rings (SSSR count). The zero-order valence-corrected chi connectivity index (χ0v) is 16.4. The number of ether oxygens (including phenoxy) is 2. The van der Waals surface area contributed by atoms with Crippen molar-refractivity contribution in [3.8, 4) is 0 Å². The molecule has 0 aromatic rings. The van der Waals surface area contributed by atoms with Gasteiger partial charge in [-0.1, -0.05) is 53.9 Å². The van der Waals surface area contributed by atoms with Gasteiger partial charge < -0.3 is 9.47 Å². The third-order valence-corrected chi connectivity index (χ3v) is 4.24. The van der Waals surface area contributed by atoms with E-state index in [-0.39, 0.29) is 30.6 Å². The van der Waals surface area contributed by atoms with Gasteiger partial charge in [0.05, 0.1) is 0 Å². The zero-order valence-electron chi connectivity index (χ0n) is 16.4. The van der Waals surface area contributed by atoms with E-state index in [1.54, 1.807) is 0 Å². The topological polar surface area (TPSA) is 52.6 Å². The smallest absolute Gasteiger partial charge is 0.306 e. The Morgan fingerprint density at radius 1 is 0.792 bits per heavy atom. The van der Waals surface area contributed by atoms with Crippen molar-refractivity contribution < 1.29 is 19.1 Å². The van der Waals surface area contributed by atoms with Crippen LogP contribution >= 0.6 is 0 Å². The first-order chi connectivity index (χ1) is 11.4. The molecule has 0 N–H and O–H groups in total. The van der Waals surface area contributed by atoms with Crippen molar-refractivity contribution in [1.82, 2.24) is 0 Å². The predicted molar refractivity (Wildman–Crippen MR) is 97.8 cm³/mol. The van der Waals surface area contributed by atoms with Crippen LogP contribution < -0.4 is 0 Å². The number of hydrogen-bond acceptors (Lipinski definition) is 4. The molecule has 0 heterocycles. The van der Waals surface area contributed by atoms with E-state index in [0.717, 1.165) is 32.1 Å². The molecule has 4 heteroatoms. The lowest BCUT2D eigenvalue weighted by atomic mass is 10.0.